The van der Waals surface area contributed by atoms with E-state index >= 15 is 0 Å². The zero-order chi connectivity index (χ0) is 18.4. The Morgan fingerprint density at radius 3 is 2.24 bits per heavy atom. The Bertz CT molecular complexity index is 735. The lowest BCUT2D eigenvalue weighted by Crippen LogP contribution is -2.44. The van der Waals surface area contributed by atoms with Gasteiger partial charge in [-0.25, -0.2) is 9.59 Å². The fraction of sp³-hybridized carbons (Fsp3) is 0.300. The van der Waals surface area contributed by atoms with Gasteiger partial charge >= 0.3 is 12.1 Å². The molecule has 2 N–H and O–H groups in total. The Balaban J connectivity index is 2.21. The molecule has 0 aliphatic heterocycles. The number of carboxylic acids is 1. The summed E-state index contributed by atoms with van der Waals surface area (Å²) in [4.78, 5) is 23.5. The van der Waals surface area contributed by atoms with E-state index in [4.69, 9.17) is 4.74 Å². The van der Waals surface area contributed by atoms with Crippen molar-refractivity contribution < 1.29 is 19.4 Å². The van der Waals surface area contributed by atoms with Gasteiger partial charge in [0.1, 0.15) is 11.6 Å². The molecule has 0 saturated carbocycles. The van der Waals surface area contributed by atoms with Gasteiger partial charge in [0.15, 0.2) is 0 Å². The van der Waals surface area contributed by atoms with Gasteiger partial charge in [-0.2, -0.15) is 0 Å². The standard InChI is InChI=1S/C20H23NO4/c1-20(2,3)25-19(24)21-17(18(22)23)13-15-11-7-8-12-16(15)14-9-5-4-6-10-14/h4-12,17H,13H2,1-3H3,(H,21,24)(H,22,23)/t17-/m1/s1. The van der Waals surface area contributed by atoms with E-state index in [2.05, 4.69) is 5.32 Å². The van der Waals surface area contributed by atoms with Crippen LogP contribution in [0.15, 0.2) is 54.6 Å². The number of alkyl carbamates (subject to hydrolysis) is 1. The van der Waals surface area contributed by atoms with Crippen LogP contribution in [0.3, 0.4) is 0 Å². The molecule has 0 aliphatic carbocycles. The van der Waals surface area contributed by atoms with Crippen LogP contribution in [0.1, 0.15) is 26.3 Å². The van der Waals surface area contributed by atoms with Crippen LogP contribution in [-0.2, 0) is 16.0 Å². The zero-order valence-electron chi connectivity index (χ0n) is 14.7. The normalized spacial score (nSPS) is 12.3. The molecule has 2 rings (SSSR count). The second-order valence-electron chi connectivity index (χ2n) is 6.76. The highest BCUT2D eigenvalue weighted by Gasteiger charge is 2.25. The van der Waals surface area contributed by atoms with Crippen molar-refractivity contribution in [2.75, 3.05) is 0 Å². The quantitative estimate of drug-likeness (QED) is 0.865. The molecular weight excluding hydrogens is 318 g/mol. The summed E-state index contributed by atoms with van der Waals surface area (Å²) >= 11 is 0. The zero-order valence-corrected chi connectivity index (χ0v) is 14.7. The Labute approximate surface area is 147 Å². The third-order valence-corrected chi connectivity index (χ3v) is 3.52. The molecule has 2 aromatic carbocycles. The van der Waals surface area contributed by atoms with E-state index in [1.807, 2.05) is 54.6 Å². The first-order valence-corrected chi connectivity index (χ1v) is 8.12. The third kappa shape index (κ3) is 5.64. The molecule has 5 heteroatoms. The van der Waals surface area contributed by atoms with Crippen LogP contribution < -0.4 is 5.32 Å². The summed E-state index contributed by atoms with van der Waals surface area (Å²) in [6.07, 6.45) is -0.572. The molecule has 25 heavy (non-hydrogen) atoms. The van der Waals surface area contributed by atoms with Crippen LogP contribution in [0.4, 0.5) is 4.79 Å². The summed E-state index contributed by atoms with van der Waals surface area (Å²) in [6, 6.07) is 16.2. The minimum absolute atomic E-state index is 0.166. The first kappa shape index (κ1) is 18.5. The molecule has 0 heterocycles. The number of aliphatic carboxylic acids is 1. The van der Waals surface area contributed by atoms with E-state index < -0.39 is 23.7 Å². The van der Waals surface area contributed by atoms with Crippen molar-refractivity contribution in [3.05, 3.63) is 60.2 Å². The summed E-state index contributed by atoms with van der Waals surface area (Å²) in [7, 11) is 0. The van der Waals surface area contributed by atoms with Gasteiger partial charge in [0.05, 0.1) is 0 Å². The fourth-order valence-corrected chi connectivity index (χ4v) is 2.47. The van der Waals surface area contributed by atoms with E-state index in [-0.39, 0.29) is 6.42 Å². The largest absolute Gasteiger partial charge is 0.480 e. The predicted octanol–water partition coefficient (Wildman–Crippen LogP) is 3.87. The number of carboxylic acid groups (broad SMARTS) is 1. The first-order valence-electron chi connectivity index (χ1n) is 8.12. The number of carbonyl (C=O) groups excluding carboxylic acids is 1. The first-order chi connectivity index (χ1) is 11.8. The number of rotatable bonds is 5. The molecule has 0 aromatic heterocycles. The molecule has 0 bridgehead atoms. The highest BCUT2D eigenvalue weighted by atomic mass is 16.6. The molecule has 5 nitrogen and oxygen atoms in total. The van der Waals surface area contributed by atoms with Gasteiger partial charge in [-0.05, 0) is 37.5 Å². The van der Waals surface area contributed by atoms with Gasteiger partial charge in [-0.1, -0.05) is 54.6 Å². The molecule has 2 aromatic rings. The van der Waals surface area contributed by atoms with Gasteiger partial charge in [-0.3, -0.25) is 0 Å². The second-order valence-corrected chi connectivity index (χ2v) is 6.76. The van der Waals surface area contributed by atoms with Crippen molar-refractivity contribution in [1.82, 2.24) is 5.32 Å². The van der Waals surface area contributed by atoms with Crippen molar-refractivity contribution in [3.63, 3.8) is 0 Å². The summed E-state index contributed by atoms with van der Waals surface area (Å²) in [5.41, 5.74) is 2.10. The number of benzene rings is 2. The smallest absolute Gasteiger partial charge is 0.408 e. The SMILES string of the molecule is CC(C)(C)OC(=O)N[C@H](Cc1ccccc1-c1ccccc1)C(=O)O. The average molecular weight is 341 g/mol. The number of carbonyl (C=O) groups is 2. The van der Waals surface area contributed by atoms with Crippen molar-refractivity contribution >= 4 is 12.1 Å². The third-order valence-electron chi connectivity index (χ3n) is 3.52. The van der Waals surface area contributed by atoms with Crippen molar-refractivity contribution in [3.8, 4) is 11.1 Å². The molecule has 0 fully saturated rings. The number of ether oxygens (including phenoxy) is 1. The Kier molecular flexibility index (Phi) is 5.80. The molecule has 0 radical (unpaired) electrons. The summed E-state index contributed by atoms with van der Waals surface area (Å²) < 4.78 is 5.16. The number of nitrogens with one attached hydrogen (secondary N) is 1. The minimum atomic E-state index is -1.10. The highest BCUT2D eigenvalue weighted by Crippen LogP contribution is 2.24. The molecule has 0 unspecified atom stereocenters. The van der Waals surface area contributed by atoms with E-state index in [0.29, 0.717) is 0 Å². The lowest BCUT2D eigenvalue weighted by molar-refractivity contribution is -0.139. The van der Waals surface area contributed by atoms with Crippen LogP contribution in [0, 0.1) is 0 Å². The Morgan fingerprint density at radius 1 is 1.04 bits per heavy atom. The van der Waals surface area contributed by atoms with E-state index in [0.717, 1.165) is 16.7 Å². The van der Waals surface area contributed by atoms with Gasteiger partial charge in [0.25, 0.3) is 0 Å². The number of hydrogen-bond acceptors (Lipinski definition) is 3. The maximum atomic E-state index is 11.9. The lowest BCUT2D eigenvalue weighted by atomic mass is 9.95. The molecule has 1 amide bonds. The monoisotopic (exact) mass is 341 g/mol. The molecule has 132 valence electrons. The van der Waals surface area contributed by atoms with E-state index in [1.165, 1.54) is 0 Å². The van der Waals surface area contributed by atoms with Crippen LogP contribution in [0.2, 0.25) is 0 Å². The van der Waals surface area contributed by atoms with Gasteiger partial charge in [0.2, 0.25) is 0 Å². The van der Waals surface area contributed by atoms with E-state index in [9.17, 15) is 14.7 Å². The van der Waals surface area contributed by atoms with Crippen LogP contribution in [0.5, 0.6) is 0 Å². The topological polar surface area (TPSA) is 75.6 Å². The van der Waals surface area contributed by atoms with Crippen LogP contribution >= 0.6 is 0 Å². The van der Waals surface area contributed by atoms with Crippen molar-refractivity contribution in [2.24, 2.45) is 0 Å². The van der Waals surface area contributed by atoms with Crippen molar-refractivity contribution in [2.45, 2.75) is 38.8 Å². The lowest BCUT2D eigenvalue weighted by Gasteiger charge is -2.22. The molecule has 0 aliphatic rings. The number of amides is 1. The average Bonchev–Trinajstić information content (AvgIpc) is 2.53. The molecular formula is C20H23NO4. The van der Waals surface area contributed by atoms with Crippen LogP contribution in [-0.4, -0.2) is 28.8 Å². The summed E-state index contributed by atoms with van der Waals surface area (Å²) in [5, 5.41) is 11.9. The maximum Gasteiger partial charge on any atom is 0.408 e. The Morgan fingerprint density at radius 2 is 1.64 bits per heavy atom. The minimum Gasteiger partial charge on any atom is -0.480 e. The Hall–Kier alpha value is -2.82. The second kappa shape index (κ2) is 7.83. The summed E-state index contributed by atoms with van der Waals surface area (Å²) in [6.45, 7) is 5.19. The van der Waals surface area contributed by atoms with Gasteiger partial charge in [0, 0.05) is 6.42 Å². The van der Waals surface area contributed by atoms with E-state index in [1.54, 1.807) is 20.8 Å². The maximum absolute atomic E-state index is 11.9. The molecule has 0 saturated heterocycles. The fourth-order valence-electron chi connectivity index (χ4n) is 2.47. The number of hydrogen-bond donors (Lipinski definition) is 2. The van der Waals surface area contributed by atoms with Gasteiger partial charge in [-0.15, -0.1) is 0 Å². The predicted molar refractivity (Wildman–Crippen MR) is 96.4 cm³/mol. The summed E-state index contributed by atoms with van der Waals surface area (Å²) in [5.74, 6) is -1.10. The van der Waals surface area contributed by atoms with Gasteiger partial charge < -0.3 is 15.2 Å². The molecule has 1 atom stereocenters. The van der Waals surface area contributed by atoms with Crippen molar-refractivity contribution in [1.29, 1.82) is 0 Å². The molecule has 0 spiro atoms. The highest BCUT2D eigenvalue weighted by molar-refractivity contribution is 5.81. The van der Waals surface area contributed by atoms with Crippen LogP contribution in [0.25, 0.3) is 11.1 Å².